The molecule has 25 heavy (non-hydrogen) atoms. The van der Waals surface area contributed by atoms with Gasteiger partial charge in [0.05, 0.1) is 11.9 Å². The van der Waals surface area contributed by atoms with Gasteiger partial charge in [-0.2, -0.15) is 0 Å². The van der Waals surface area contributed by atoms with E-state index in [-0.39, 0.29) is 5.69 Å². The van der Waals surface area contributed by atoms with Gasteiger partial charge in [-0.05, 0) is 62.2 Å². The number of carbonyl (C=O) groups is 1. The van der Waals surface area contributed by atoms with Crippen molar-refractivity contribution in [3.63, 3.8) is 0 Å². The van der Waals surface area contributed by atoms with Gasteiger partial charge in [-0.1, -0.05) is 12.1 Å². The van der Waals surface area contributed by atoms with E-state index in [0.29, 0.717) is 5.69 Å². The molecule has 5 nitrogen and oxygen atoms in total. The summed E-state index contributed by atoms with van der Waals surface area (Å²) < 4.78 is 38.7. The molecule has 7 heteroatoms. The SMILES string of the molecule is Cc1ccc(NC(=O)C(C)N(c2cccc(F)c2)S(C)(=O)=O)cc1C. The van der Waals surface area contributed by atoms with Crippen molar-refractivity contribution < 1.29 is 17.6 Å². The molecule has 1 unspecified atom stereocenters. The van der Waals surface area contributed by atoms with Crippen LogP contribution in [0.3, 0.4) is 0 Å². The third kappa shape index (κ3) is 4.57. The predicted octanol–water partition coefficient (Wildman–Crippen LogP) is 3.24. The molecule has 1 amide bonds. The number of hydrogen-bond acceptors (Lipinski definition) is 3. The zero-order chi connectivity index (χ0) is 18.8. The second-order valence-electron chi connectivity index (χ2n) is 6.00. The number of nitrogens with one attached hydrogen (secondary N) is 1. The van der Waals surface area contributed by atoms with E-state index in [1.807, 2.05) is 26.0 Å². The van der Waals surface area contributed by atoms with Gasteiger partial charge in [0.15, 0.2) is 0 Å². The average Bonchev–Trinajstić information content (AvgIpc) is 2.49. The second-order valence-corrected chi connectivity index (χ2v) is 7.86. The number of nitrogens with zero attached hydrogens (tertiary/aromatic N) is 1. The highest BCUT2D eigenvalue weighted by Crippen LogP contribution is 2.23. The van der Waals surface area contributed by atoms with Crippen LogP contribution in [0.1, 0.15) is 18.1 Å². The lowest BCUT2D eigenvalue weighted by molar-refractivity contribution is -0.116. The standard InChI is InChI=1S/C18H21FN2O3S/c1-12-8-9-16(10-13(12)2)20-18(22)14(3)21(25(4,23)24)17-7-5-6-15(19)11-17/h5-11,14H,1-4H3,(H,20,22). The van der Waals surface area contributed by atoms with Crippen LogP contribution >= 0.6 is 0 Å². The lowest BCUT2D eigenvalue weighted by Gasteiger charge is -2.28. The van der Waals surface area contributed by atoms with Crippen molar-refractivity contribution in [1.29, 1.82) is 0 Å². The number of carbonyl (C=O) groups excluding carboxylic acids is 1. The van der Waals surface area contributed by atoms with Gasteiger partial charge in [0.1, 0.15) is 11.9 Å². The van der Waals surface area contributed by atoms with Crippen LogP contribution in [-0.2, 0) is 14.8 Å². The second kappa shape index (κ2) is 7.23. The fourth-order valence-electron chi connectivity index (χ4n) is 2.49. The summed E-state index contributed by atoms with van der Waals surface area (Å²) in [4.78, 5) is 12.5. The first-order chi connectivity index (χ1) is 11.6. The van der Waals surface area contributed by atoms with Gasteiger partial charge in [0.2, 0.25) is 15.9 Å². The highest BCUT2D eigenvalue weighted by Gasteiger charge is 2.29. The lowest BCUT2D eigenvalue weighted by Crippen LogP contribution is -2.45. The van der Waals surface area contributed by atoms with Gasteiger partial charge in [-0.3, -0.25) is 9.10 Å². The molecule has 0 saturated carbocycles. The Kier molecular flexibility index (Phi) is 5.47. The first-order valence-electron chi connectivity index (χ1n) is 7.72. The van der Waals surface area contributed by atoms with Gasteiger partial charge in [0.25, 0.3) is 0 Å². The van der Waals surface area contributed by atoms with E-state index in [0.717, 1.165) is 27.8 Å². The van der Waals surface area contributed by atoms with Crippen molar-refractivity contribution in [2.75, 3.05) is 15.9 Å². The Morgan fingerprint density at radius 2 is 1.80 bits per heavy atom. The predicted molar refractivity (Wildman–Crippen MR) is 97.7 cm³/mol. The van der Waals surface area contributed by atoms with Crippen molar-refractivity contribution >= 4 is 27.3 Å². The summed E-state index contributed by atoms with van der Waals surface area (Å²) in [5.74, 6) is -1.08. The molecule has 134 valence electrons. The third-order valence-corrected chi connectivity index (χ3v) is 5.17. The number of sulfonamides is 1. The van der Waals surface area contributed by atoms with Crippen LogP contribution in [-0.4, -0.2) is 26.6 Å². The number of hydrogen-bond donors (Lipinski definition) is 1. The van der Waals surface area contributed by atoms with Crippen LogP contribution in [0.5, 0.6) is 0 Å². The van der Waals surface area contributed by atoms with E-state index in [9.17, 15) is 17.6 Å². The van der Waals surface area contributed by atoms with Gasteiger partial charge < -0.3 is 5.32 Å². The van der Waals surface area contributed by atoms with Crippen LogP contribution in [0.25, 0.3) is 0 Å². The molecule has 1 N–H and O–H groups in total. The number of anilines is 2. The van der Waals surface area contributed by atoms with Gasteiger partial charge in [-0.25, -0.2) is 12.8 Å². The lowest BCUT2D eigenvalue weighted by atomic mass is 10.1. The van der Waals surface area contributed by atoms with Crippen molar-refractivity contribution in [3.8, 4) is 0 Å². The topological polar surface area (TPSA) is 66.5 Å². The fourth-order valence-corrected chi connectivity index (χ4v) is 3.65. The first-order valence-corrected chi connectivity index (χ1v) is 9.57. The maximum atomic E-state index is 13.5. The third-order valence-electron chi connectivity index (χ3n) is 3.93. The number of halogens is 1. The van der Waals surface area contributed by atoms with Crippen LogP contribution in [0.15, 0.2) is 42.5 Å². The molecule has 0 aromatic heterocycles. The molecule has 0 heterocycles. The molecular weight excluding hydrogens is 343 g/mol. The number of aryl methyl sites for hydroxylation is 2. The first kappa shape index (κ1) is 18.9. The molecule has 2 aromatic rings. The molecule has 0 aliphatic carbocycles. The Hall–Kier alpha value is -2.41. The quantitative estimate of drug-likeness (QED) is 0.886. The Morgan fingerprint density at radius 3 is 2.36 bits per heavy atom. The highest BCUT2D eigenvalue weighted by molar-refractivity contribution is 7.92. The molecule has 0 aliphatic heterocycles. The normalized spacial score (nSPS) is 12.5. The molecule has 0 saturated heterocycles. The fraction of sp³-hybridized carbons (Fsp3) is 0.278. The van der Waals surface area contributed by atoms with E-state index in [4.69, 9.17) is 0 Å². The molecule has 0 fully saturated rings. The van der Waals surface area contributed by atoms with Crippen LogP contribution in [0.4, 0.5) is 15.8 Å². The minimum absolute atomic E-state index is 0.102. The smallest absolute Gasteiger partial charge is 0.247 e. The molecule has 2 aromatic carbocycles. The summed E-state index contributed by atoms with van der Waals surface area (Å²) >= 11 is 0. The molecule has 1 atom stereocenters. The van der Waals surface area contributed by atoms with Gasteiger partial charge in [0, 0.05) is 5.69 Å². The molecule has 0 spiro atoms. The summed E-state index contributed by atoms with van der Waals surface area (Å²) in [7, 11) is -3.78. The summed E-state index contributed by atoms with van der Waals surface area (Å²) in [6.07, 6.45) is 0.984. The maximum absolute atomic E-state index is 13.5. The van der Waals surface area contributed by atoms with Crippen LogP contribution in [0, 0.1) is 19.7 Å². The largest absolute Gasteiger partial charge is 0.324 e. The van der Waals surface area contributed by atoms with Crippen LogP contribution in [0.2, 0.25) is 0 Å². The molecular formula is C18H21FN2O3S. The van der Waals surface area contributed by atoms with E-state index in [1.165, 1.54) is 25.1 Å². The number of rotatable bonds is 5. The average molecular weight is 364 g/mol. The number of benzene rings is 2. The van der Waals surface area contributed by atoms with Crippen LogP contribution < -0.4 is 9.62 Å². The molecule has 0 bridgehead atoms. The van der Waals surface area contributed by atoms with Crippen molar-refractivity contribution in [3.05, 3.63) is 59.4 Å². The summed E-state index contributed by atoms with van der Waals surface area (Å²) in [6.45, 7) is 5.34. The zero-order valence-electron chi connectivity index (χ0n) is 14.6. The monoisotopic (exact) mass is 364 g/mol. The summed E-state index contributed by atoms with van der Waals surface area (Å²) in [5, 5.41) is 2.71. The minimum Gasteiger partial charge on any atom is -0.324 e. The molecule has 0 radical (unpaired) electrons. The van der Waals surface area contributed by atoms with Crippen molar-refractivity contribution in [1.82, 2.24) is 0 Å². The van der Waals surface area contributed by atoms with Crippen molar-refractivity contribution in [2.45, 2.75) is 26.8 Å². The van der Waals surface area contributed by atoms with E-state index in [2.05, 4.69) is 5.32 Å². The Morgan fingerprint density at radius 1 is 1.12 bits per heavy atom. The van der Waals surface area contributed by atoms with E-state index in [1.54, 1.807) is 6.07 Å². The summed E-state index contributed by atoms with van der Waals surface area (Å²) in [6, 6.07) is 9.53. The van der Waals surface area contributed by atoms with Gasteiger partial charge >= 0.3 is 0 Å². The van der Waals surface area contributed by atoms with E-state index >= 15 is 0 Å². The Labute approximate surface area is 147 Å². The Bertz CT molecular complexity index is 897. The highest BCUT2D eigenvalue weighted by atomic mass is 32.2. The van der Waals surface area contributed by atoms with Crippen molar-refractivity contribution in [2.24, 2.45) is 0 Å². The minimum atomic E-state index is -3.78. The maximum Gasteiger partial charge on any atom is 0.247 e. The summed E-state index contributed by atoms with van der Waals surface area (Å²) in [5.41, 5.74) is 2.78. The van der Waals surface area contributed by atoms with E-state index < -0.39 is 27.8 Å². The Balaban J connectivity index is 2.31. The molecule has 2 rings (SSSR count). The molecule has 0 aliphatic rings. The zero-order valence-corrected chi connectivity index (χ0v) is 15.4. The number of amides is 1. The van der Waals surface area contributed by atoms with Gasteiger partial charge in [-0.15, -0.1) is 0 Å².